The molecule has 0 aliphatic carbocycles. The largest absolute Gasteiger partial charge is 0.492 e. The first-order valence-corrected chi connectivity index (χ1v) is 5.13. The van der Waals surface area contributed by atoms with Gasteiger partial charge in [0, 0.05) is 6.42 Å². The molecule has 2 nitrogen and oxygen atoms in total. The molecule has 0 saturated heterocycles. The quantitative estimate of drug-likeness (QED) is 0.834. The van der Waals surface area contributed by atoms with Gasteiger partial charge in [0.1, 0.15) is 10.8 Å². The lowest BCUT2D eigenvalue weighted by atomic mass is 10.3. The normalized spacial score (nSPS) is 9.86. The Bertz CT molecular complexity index is 344. The zero-order valence-corrected chi connectivity index (χ0v) is 9.62. The highest BCUT2D eigenvalue weighted by molar-refractivity contribution is 7.80. The predicted molar refractivity (Wildman–Crippen MR) is 63.4 cm³/mol. The molecule has 0 heterocycles. The van der Waals surface area contributed by atoms with Gasteiger partial charge in [0.2, 0.25) is 0 Å². The summed E-state index contributed by atoms with van der Waals surface area (Å²) in [6.07, 6.45) is 0.526. The maximum atomic E-state index is 5.89. The second kappa shape index (κ2) is 5.39. The van der Waals surface area contributed by atoms with Crippen molar-refractivity contribution in [2.75, 3.05) is 6.61 Å². The van der Waals surface area contributed by atoms with E-state index >= 15 is 0 Å². The van der Waals surface area contributed by atoms with Gasteiger partial charge in [-0.3, -0.25) is 0 Å². The van der Waals surface area contributed by atoms with Crippen LogP contribution in [-0.4, -0.2) is 11.6 Å². The third-order valence-corrected chi connectivity index (χ3v) is 2.53. The Morgan fingerprint density at radius 2 is 2.14 bits per heavy atom. The van der Waals surface area contributed by atoms with E-state index in [9.17, 15) is 0 Å². The summed E-state index contributed by atoms with van der Waals surface area (Å²) in [5.74, 6) is 0.551. The van der Waals surface area contributed by atoms with E-state index in [1.807, 2.05) is 0 Å². The van der Waals surface area contributed by atoms with Gasteiger partial charge in [-0.15, -0.1) is 0 Å². The highest BCUT2D eigenvalue weighted by Gasteiger charge is 2.04. The molecule has 2 N–H and O–H groups in total. The molecule has 0 unspecified atom stereocenters. The Balaban J connectivity index is 2.59. The molecule has 0 bridgehead atoms. The van der Waals surface area contributed by atoms with Crippen molar-refractivity contribution in [3.8, 4) is 5.75 Å². The van der Waals surface area contributed by atoms with Gasteiger partial charge >= 0.3 is 0 Å². The molecule has 0 atom stereocenters. The second-order valence-corrected chi connectivity index (χ2v) is 3.93. The fraction of sp³-hybridized carbons (Fsp3) is 0.222. The first-order valence-electron chi connectivity index (χ1n) is 3.96. The standard InChI is InChI=1S/C9H9Cl2NOS/c10-6-2-1-3-7(9(6)11)13-5-4-8(12)14/h1-3H,4-5H2,(H2,12,14). The zero-order valence-electron chi connectivity index (χ0n) is 7.30. The molecule has 0 aromatic heterocycles. The minimum Gasteiger partial charge on any atom is -0.492 e. The minimum absolute atomic E-state index is 0.412. The van der Waals surface area contributed by atoms with Crippen LogP contribution in [-0.2, 0) is 0 Å². The first kappa shape index (κ1) is 11.6. The number of rotatable bonds is 4. The van der Waals surface area contributed by atoms with Gasteiger partial charge in [0.05, 0.1) is 16.6 Å². The van der Waals surface area contributed by atoms with E-state index in [1.54, 1.807) is 18.2 Å². The Kier molecular flexibility index (Phi) is 4.45. The van der Waals surface area contributed by atoms with Crippen LogP contribution in [0, 0.1) is 0 Å². The Morgan fingerprint density at radius 1 is 1.43 bits per heavy atom. The number of nitrogens with two attached hydrogens (primary N) is 1. The van der Waals surface area contributed by atoms with Crippen molar-refractivity contribution in [1.29, 1.82) is 0 Å². The van der Waals surface area contributed by atoms with Crippen LogP contribution in [0.2, 0.25) is 10.0 Å². The summed E-state index contributed by atoms with van der Waals surface area (Å²) in [7, 11) is 0. The highest BCUT2D eigenvalue weighted by Crippen LogP contribution is 2.31. The molecule has 1 aromatic carbocycles. The summed E-state index contributed by atoms with van der Waals surface area (Å²) in [4.78, 5) is 0.420. The minimum atomic E-state index is 0.412. The smallest absolute Gasteiger partial charge is 0.139 e. The molecule has 14 heavy (non-hydrogen) atoms. The van der Waals surface area contributed by atoms with Crippen LogP contribution >= 0.6 is 35.4 Å². The van der Waals surface area contributed by atoms with E-state index in [-0.39, 0.29) is 0 Å². The van der Waals surface area contributed by atoms with Crippen LogP contribution in [0.5, 0.6) is 5.75 Å². The van der Waals surface area contributed by atoms with E-state index in [4.69, 9.17) is 45.9 Å². The monoisotopic (exact) mass is 249 g/mol. The lowest BCUT2D eigenvalue weighted by Gasteiger charge is -2.07. The molecule has 76 valence electrons. The van der Waals surface area contributed by atoms with Gasteiger partial charge in [-0.2, -0.15) is 0 Å². The van der Waals surface area contributed by atoms with Crippen molar-refractivity contribution < 1.29 is 4.74 Å². The molecule has 0 aliphatic heterocycles. The van der Waals surface area contributed by atoms with Crippen LogP contribution in [0.3, 0.4) is 0 Å². The average Bonchev–Trinajstić information content (AvgIpc) is 2.12. The number of halogens is 2. The summed E-state index contributed by atoms with van der Waals surface area (Å²) >= 11 is 16.4. The van der Waals surface area contributed by atoms with Gasteiger partial charge in [-0.1, -0.05) is 41.5 Å². The van der Waals surface area contributed by atoms with E-state index in [0.29, 0.717) is 33.8 Å². The van der Waals surface area contributed by atoms with Crippen LogP contribution in [0.4, 0.5) is 0 Å². The van der Waals surface area contributed by atoms with Gasteiger partial charge < -0.3 is 10.5 Å². The molecule has 0 fully saturated rings. The molecule has 5 heteroatoms. The molecule has 0 radical (unpaired) electrons. The fourth-order valence-corrected chi connectivity index (χ4v) is 1.29. The van der Waals surface area contributed by atoms with Crippen molar-refractivity contribution in [2.24, 2.45) is 5.73 Å². The zero-order chi connectivity index (χ0) is 10.6. The van der Waals surface area contributed by atoms with Crippen LogP contribution < -0.4 is 10.5 Å². The molecule has 0 amide bonds. The lowest BCUT2D eigenvalue weighted by molar-refractivity contribution is 0.330. The third kappa shape index (κ3) is 3.33. The van der Waals surface area contributed by atoms with Crippen LogP contribution in [0.15, 0.2) is 18.2 Å². The third-order valence-electron chi connectivity index (χ3n) is 1.52. The molecule has 0 saturated carbocycles. The van der Waals surface area contributed by atoms with Crippen molar-refractivity contribution >= 4 is 40.4 Å². The van der Waals surface area contributed by atoms with Gasteiger partial charge in [-0.25, -0.2) is 0 Å². The Hall–Kier alpha value is -0.510. The fourth-order valence-electron chi connectivity index (χ4n) is 0.857. The van der Waals surface area contributed by atoms with Gasteiger partial charge in [0.15, 0.2) is 0 Å². The molecular formula is C9H9Cl2NOS. The summed E-state index contributed by atoms with van der Waals surface area (Å²) in [6.45, 7) is 0.412. The molecule has 1 aromatic rings. The highest BCUT2D eigenvalue weighted by atomic mass is 35.5. The van der Waals surface area contributed by atoms with E-state index in [0.717, 1.165) is 0 Å². The van der Waals surface area contributed by atoms with Gasteiger partial charge in [0.25, 0.3) is 0 Å². The second-order valence-electron chi connectivity index (χ2n) is 2.62. The van der Waals surface area contributed by atoms with E-state index in [2.05, 4.69) is 0 Å². The number of benzene rings is 1. The van der Waals surface area contributed by atoms with Crippen molar-refractivity contribution in [3.63, 3.8) is 0 Å². The Labute approximate surface area is 97.9 Å². The number of hydrogen-bond acceptors (Lipinski definition) is 2. The summed E-state index contributed by atoms with van der Waals surface area (Å²) in [5, 5.41) is 0.886. The topological polar surface area (TPSA) is 35.2 Å². The number of hydrogen-bond donors (Lipinski definition) is 1. The van der Waals surface area contributed by atoms with Crippen molar-refractivity contribution in [3.05, 3.63) is 28.2 Å². The van der Waals surface area contributed by atoms with Crippen molar-refractivity contribution in [2.45, 2.75) is 6.42 Å². The SMILES string of the molecule is NC(=S)CCOc1cccc(Cl)c1Cl. The summed E-state index contributed by atoms with van der Waals surface area (Å²) in [6, 6.07) is 5.21. The van der Waals surface area contributed by atoms with Crippen LogP contribution in [0.25, 0.3) is 0 Å². The van der Waals surface area contributed by atoms with E-state index < -0.39 is 0 Å². The van der Waals surface area contributed by atoms with Crippen molar-refractivity contribution in [1.82, 2.24) is 0 Å². The molecule has 0 spiro atoms. The molecular weight excluding hydrogens is 241 g/mol. The molecule has 1 rings (SSSR count). The Morgan fingerprint density at radius 3 is 2.79 bits per heavy atom. The number of ether oxygens (including phenoxy) is 1. The first-order chi connectivity index (χ1) is 6.61. The average molecular weight is 250 g/mol. The maximum Gasteiger partial charge on any atom is 0.139 e. The van der Waals surface area contributed by atoms with Crippen LogP contribution in [0.1, 0.15) is 6.42 Å². The molecule has 0 aliphatic rings. The lowest BCUT2D eigenvalue weighted by Crippen LogP contribution is -2.12. The maximum absolute atomic E-state index is 5.89. The van der Waals surface area contributed by atoms with E-state index in [1.165, 1.54) is 0 Å². The number of thiocarbonyl (C=S) groups is 1. The predicted octanol–water partition coefficient (Wildman–Crippen LogP) is 3.05. The summed E-state index contributed by atoms with van der Waals surface area (Å²) < 4.78 is 5.34. The van der Waals surface area contributed by atoms with Gasteiger partial charge in [-0.05, 0) is 12.1 Å². The summed E-state index contributed by atoms with van der Waals surface area (Å²) in [5.41, 5.74) is 5.32.